The Morgan fingerprint density at radius 3 is 2.29 bits per heavy atom. The number of nitrogens with zero attached hydrogens (tertiary/aromatic N) is 1. The zero-order valence-electron chi connectivity index (χ0n) is 9.39. The van der Waals surface area contributed by atoms with Gasteiger partial charge in [-0.15, -0.1) is 0 Å². The molecular weight excluding hydrogens is 266 g/mol. The third-order valence-electron chi connectivity index (χ3n) is 1.77. The van der Waals surface area contributed by atoms with Crippen molar-refractivity contribution in [3.05, 3.63) is 28.0 Å². The second-order valence-corrected chi connectivity index (χ2v) is 4.40. The van der Waals surface area contributed by atoms with E-state index >= 15 is 0 Å². The van der Waals surface area contributed by atoms with E-state index in [4.69, 9.17) is 29.0 Å². The summed E-state index contributed by atoms with van der Waals surface area (Å²) in [6.07, 6.45) is 0. The van der Waals surface area contributed by atoms with Gasteiger partial charge in [0.1, 0.15) is 5.82 Å². The highest BCUT2D eigenvalue weighted by Crippen LogP contribution is 2.31. The molecule has 4 nitrogen and oxygen atoms in total. The van der Waals surface area contributed by atoms with Crippen LogP contribution in [0, 0.1) is 5.82 Å². The third-order valence-corrected chi connectivity index (χ3v) is 2.37. The standard InChI is InChI=1S/C10H13Cl2FN4/c1-5(2)15-10(17-14)16-9-7(11)3-6(13)4-8(9)12/h3-5H,14H2,1-2H3,(H2,15,16,17). The van der Waals surface area contributed by atoms with Gasteiger partial charge < -0.3 is 5.32 Å². The molecule has 0 spiro atoms. The van der Waals surface area contributed by atoms with Gasteiger partial charge in [-0.3, -0.25) is 5.43 Å². The largest absolute Gasteiger partial charge is 0.323 e. The molecule has 0 saturated heterocycles. The molecule has 0 radical (unpaired) electrons. The number of guanidine groups is 1. The molecule has 0 aromatic heterocycles. The number of aliphatic imine (C=N–C) groups is 1. The van der Waals surface area contributed by atoms with Gasteiger partial charge in [-0.2, -0.15) is 0 Å². The Kier molecular flexibility index (Phi) is 4.99. The molecule has 0 bridgehead atoms. The highest BCUT2D eigenvalue weighted by Gasteiger charge is 2.10. The lowest BCUT2D eigenvalue weighted by Crippen LogP contribution is -2.37. The summed E-state index contributed by atoms with van der Waals surface area (Å²) in [5.74, 6) is 5.09. The maximum atomic E-state index is 13.0. The predicted octanol–water partition coefficient (Wildman–Crippen LogP) is 2.77. The molecule has 0 aliphatic rings. The lowest BCUT2D eigenvalue weighted by molar-refractivity contribution is 0.628. The normalized spacial score (nSPS) is 11.8. The molecule has 4 N–H and O–H groups in total. The summed E-state index contributed by atoms with van der Waals surface area (Å²) in [7, 11) is 0. The van der Waals surface area contributed by atoms with Crippen molar-refractivity contribution >= 4 is 34.8 Å². The van der Waals surface area contributed by atoms with E-state index in [1.54, 1.807) is 0 Å². The minimum atomic E-state index is -0.506. The van der Waals surface area contributed by atoms with Gasteiger partial charge in [0, 0.05) is 6.04 Å². The molecule has 1 aromatic carbocycles. The van der Waals surface area contributed by atoms with Crippen LogP contribution in [0.2, 0.25) is 10.0 Å². The van der Waals surface area contributed by atoms with E-state index in [1.807, 2.05) is 13.8 Å². The average molecular weight is 279 g/mol. The van der Waals surface area contributed by atoms with Gasteiger partial charge in [0.15, 0.2) is 0 Å². The highest BCUT2D eigenvalue weighted by atomic mass is 35.5. The topological polar surface area (TPSA) is 62.4 Å². The van der Waals surface area contributed by atoms with Gasteiger partial charge >= 0.3 is 0 Å². The smallest absolute Gasteiger partial charge is 0.210 e. The molecule has 0 saturated carbocycles. The molecule has 1 aromatic rings. The number of anilines is 1. The van der Waals surface area contributed by atoms with Gasteiger partial charge in [0.25, 0.3) is 0 Å². The monoisotopic (exact) mass is 278 g/mol. The fourth-order valence-electron chi connectivity index (χ4n) is 1.14. The summed E-state index contributed by atoms with van der Waals surface area (Å²) < 4.78 is 13.0. The summed E-state index contributed by atoms with van der Waals surface area (Å²) in [5.41, 5.74) is 2.73. The summed E-state index contributed by atoms with van der Waals surface area (Å²) in [4.78, 5) is 4.15. The van der Waals surface area contributed by atoms with Gasteiger partial charge in [0.05, 0.1) is 15.7 Å². The molecule has 0 unspecified atom stereocenters. The minimum absolute atomic E-state index is 0.0338. The molecule has 0 atom stereocenters. The van der Waals surface area contributed by atoms with Crippen LogP contribution in [-0.4, -0.2) is 12.0 Å². The van der Waals surface area contributed by atoms with Gasteiger partial charge in [-0.1, -0.05) is 23.2 Å². The van der Waals surface area contributed by atoms with Crippen molar-refractivity contribution in [2.75, 3.05) is 5.32 Å². The first kappa shape index (κ1) is 14.0. The number of nitrogens with two attached hydrogens (primary N) is 1. The van der Waals surface area contributed by atoms with Crippen LogP contribution in [0.4, 0.5) is 10.1 Å². The van der Waals surface area contributed by atoms with Crippen LogP contribution in [0.5, 0.6) is 0 Å². The van der Waals surface area contributed by atoms with Gasteiger partial charge in [-0.25, -0.2) is 15.2 Å². The summed E-state index contributed by atoms with van der Waals surface area (Å²) in [5, 5.41) is 3.12. The number of nitrogens with one attached hydrogen (secondary N) is 2. The molecule has 0 fully saturated rings. The predicted molar refractivity (Wildman–Crippen MR) is 69.9 cm³/mol. The zero-order chi connectivity index (χ0) is 13.0. The molecule has 1 rings (SSSR count). The Morgan fingerprint density at radius 1 is 1.35 bits per heavy atom. The van der Waals surface area contributed by atoms with Crippen LogP contribution in [0.15, 0.2) is 17.1 Å². The molecule has 0 heterocycles. The molecule has 17 heavy (non-hydrogen) atoms. The van der Waals surface area contributed by atoms with Crippen molar-refractivity contribution in [3.8, 4) is 0 Å². The van der Waals surface area contributed by atoms with Crippen molar-refractivity contribution in [1.82, 2.24) is 5.43 Å². The minimum Gasteiger partial charge on any atom is -0.323 e. The molecule has 0 aliphatic heterocycles. The number of hydrogen-bond donors (Lipinski definition) is 3. The first-order valence-corrected chi connectivity index (χ1v) is 5.65. The summed E-state index contributed by atoms with van der Waals surface area (Å²) in [6, 6.07) is 2.34. The van der Waals surface area contributed by atoms with E-state index < -0.39 is 5.82 Å². The van der Waals surface area contributed by atoms with E-state index in [0.29, 0.717) is 11.6 Å². The fourth-order valence-corrected chi connectivity index (χ4v) is 1.70. The van der Waals surface area contributed by atoms with Crippen molar-refractivity contribution in [2.24, 2.45) is 10.8 Å². The SMILES string of the molecule is CC(C)N=C(NN)Nc1c(Cl)cc(F)cc1Cl. The van der Waals surface area contributed by atoms with Crippen LogP contribution in [0.25, 0.3) is 0 Å². The van der Waals surface area contributed by atoms with Crippen molar-refractivity contribution in [2.45, 2.75) is 19.9 Å². The lowest BCUT2D eigenvalue weighted by Gasteiger charge is -2.13. The lowest BCUT2D eigenvalue weighted by atomic mass is 10.3. The quantitative estimate of drug-likeness (QED) is 0.337. The van der Waals surface area contributed by atoms with Crippen LogP contribution in [0.3, 0.4) is 0 Å². The Morgan fingerprint density at radius 2 is 1.88 bits per heavy atom. The molecule has 0 amide bonds. The van der Waals surface area contributed by atoms with E-state index in [9.17, 15) is 4.39 Å². The number of halogens is 3. The molecule has 94 valence electrons. The van der Waals surface area contributed by atoms with E-state index in [2.05, 4.69) is 15.7 Å². The summed E-state index contributed by atoms with van der Waals surface area (Å²) >= 11 is 11.7. The first-order chi connectivity index (χ1) is 7.93. The Bertz CT molecular complexity index is 411. The zero-order valence-corrected chi connectivity index (χ0v) is 10.9. The molecule has 0 aliphatic carbocycles. The first-order valence-electron chi connectivity index (χ1n) is 4.90. The number of rotatable bonds is 2. The third kappa shape index (κ3) is 4.03. The average Bonchev–Trinajstić information content (AvgIpc) is 2.20. The van der Waals surface area contributed by atoms with Crippen molar-refractivity contribution in [1.29, 1.82) is 0 Å². The van der Waals surface area contributed by atoms with Crippen LogP contribution in [-0.2, 0) is 0 Å². The maximum Gasteiger partial charge on any atom is 0.210 e. The Balaban J connectivity index is 3.02. The second-order valence-electron chi connectivity index (χ2n) is 3.59. The van der Waals surface area contributed by atoms with Crippen LogP contribution in [0.1, 0.15) is 13.8 Å². The van der Waals surface area contributed by atoms with Crippen LogP contribution < -0.4 is 16.6 Å². The number of hydrazine groups is 1. The van der Waals surface area contributed by atoms with E-state index in [0.717, 1.165) is 12.1 Å². The molecule has 7 heteroatoms. The number of hydrogen-bond acceptors (Lipinski definition) is 2. The van der Waals surface area contributed by atoms with Crippen LogP contribution >= 0.6 is 23.2 Å². The fraction of sp³-hybridized carbons (Fsp3) is 0.300. The highest BCUT2D eigenvalue weighted by molar-refractivity contribution is 6.39. The van der Waals surface area contributed by atoms with E-state index in [-0.39, 0.29) is 16.1 Å². The van der Waals surface area contributed by atoms with Gasteiger partial charge in [0.2, 0.25) is 5.96 Å². The second kappa shape index (κ2) is 6.05. The van der Waals surface area contributed by atoms with Crippen molar-refractivity contribution in [3.63, 3.8) is 0 Å². The Hall–Kier alpha value is -1.04. The molecular formula is C10H13Cl2FN4. The van der Waals surface area contributed by atoms with Crippen molar-refractivity contribution < 1.29 is 4.39 Å². The maximum absolute atomic E-state index is 13.0. The Labute approximate surface area is 109 Å². The number of benzene rings is 1. The van der Waals surface area contributed by atoms with Gasteiger partial charge in [-0.05, 0) is 26.0 Å². The van der Waals surface area contributed by atoms with E-state index in [1.165, 1.54) is 0 Å². The summed E-state index contributed by atoms with van der Waals surface area (Å²) in [6.45, 7) is 3.76.